The van der Waals surface area contributed by atoms with Gasteiger partial charge < -0.3 is 0 Å². The van der Waals surface area contributed by atoms with Crippen LogP contribution in [0.4, 0.5) is 0 Å². The second-order valence-electron chi connectivity index (χ2n) is 5.11. The quantitative estimate of drug-likeness (QED) is 0.709. The molecule has 0 spiro atoms. The molecule has 0 bridgehead atoms. The Morgan fingerprint density at radius 2 is 1.60 bits per heavy atom. The molecule has 0 aromatic heterocycles. The molecule has 2 heteroatoms. The van der Waals surface area contributed by atoms with Crippen molar-refractivity contribution in [3.63, 3.8) is 0 Å². The predicted molar refractivity (Wildman–Crippen MR) is 66.3 cm³/mol. The second-order valence-corrected chi connectivity index (χ2v) is 6.40. The molecule has 0 saturated heterocycles. The van der Waals surface area contributed by atoms with Crippen molar-refractivity contribution in [2.24, 2.45) is 5.92 Å². The maximum atomic E-state index is 11.7. The Kier molecular flexibility index (Phi) is 4.55. The summed E-state index contributed by atoms with van der Waals surface area (Å²) >= 11 is 1.93. The molecule has 0 aromatic carbocycles. The Bertz CT molecular complexity index is 203. The molecule has 86 valence electrons. The van der Waals surface area contributed by atoms with Crippen LogP contribution in [-0.2, 0) is 4.79 Å². The number of rotatable bonds is 5. The highest BCUT2D eigenvalue weighted by atomic mass is 32.2. The van der Waals surface area contributed by atoms with Crippen LogP contribution in [0, 0.1) is 5.92 Å². The molecular formula is C13H22OS. The molecule has 0 aliphatic heterocycles. The largest absolute Gasteiger partial charge is 0.299 e. The van der Waals surface area contributed by atoms with Gasteiger partial charge in [0.2, 0.25) is 0 Å². The van der Waals surface area contributed by atoms with Crippen molar-refractivity contribution in [1.82, 2.24) is 0 Å². The summed E-state index contributed by atoms with van der Waals surface area (Å²) in [5, 5.41) is 0.803. The summed E-state index contributed by atoms with van der Waals surface area (Å²) in [5.74, 6) is 2.04. The van der Waals surface area contributed by atoms with Crippen molar-refractivity contribution in [3.8, 4) is 0 Å². The number of carbonyl (C=O) groups excluding carboxylic acids is 1. The Hall–Kier alpha value is 0.0200. The molecule has 2 aliphatic carbocycles. The monoisotopic (exact) mass is 226 g/mol. The van der Waals surface area contributed by atoms with Crippen LogP contribution in [0.2, 0.25) is 0 Å². The molecule has 0 heterocycles. The topological polar surface area (TPSA) is 17.1 Å². The van der Waals surface area contributed by atoms with Crippen LogP contribution in [0.3, 0.4) is 0 Å². The van der Waals surface area contributed by atoms with Gasteiger partial charge in [0.1, 0.15) is 5.78 Å². The van der Waals surface area contributed by atoms with Crippen LogP contribution in [0.25, 0.3) is 0 Å². The third-order valence-electron chi connectivity index (χ3n) is 3.77. The van der Waals surface area contributed by atoms with Crippen molar-refractivity contribution in [1.29, 1.82) is 0 Å². The summed E-state index contributed by atoms with van der Waals surface area (Å²) in [5.41, 5.74) is 0. The first-order chi connectivity index (χ1) is 7.34. The minimum Gasteiger partial charge on any atom is -0.299 e. The van der Waals surface area contributed by atoms with Crippen LogP contribution in [0.5, 0.6) is 0 Å². The summed E-state index contributed by atoms with van der Waals surface area (Å²) in [4.78, 5) is 11.7. The van der Waals surface area contributed by atoms with E-state index >= 15 is 0 Å². The fourth-order valence-electron chi connectivity index (χ4n) is 2.86. The lowest BCUT2D eigenvalue weighted by Crippen LogP contribution is -2.10. The summed E-state index contributed by atoms with van der Waals surface area (Å²) in [7, 11) is 0. The molecule has 2 aliphatic rings. The zero-order valence-corrected chi connectivity index (χ0v) is 10.4. The van der Waals surface area contributed by atoms with Crippen LogP contribution in [-0.4, -0.2) is 16.8 Å². The van der Waals surface area contributed by atoms with Crippen LogP contribution < -0.4 is 0 Å². The van der Waals surface area contributed by atoms with Gasteiger partial charge in [0.05, 0.1) is 5.75 Å². The van der Waals surface area contributed by atoms with Crippen molar-refractivity contribution < 1.29 is 4.79 Å². The van der Waals surface area contributed by atoms with Crippen molar-refractivity contribution in [3.05, 3.63) is 0 Å². The first-order valence-electron chi connectivity index (χ1n) is 6.48. The van der Waals surface area contributed by atoms with Crippen molar-refractivity contribution in [2.45, 2.75) is 63.0 Å². The number of ketones is 1. The highest BCUT2D eigenvalue weighted by Gasteiger charge is 2.20. The maximum Gasteiger partial charge on any atom is 0.143 e. The average molecular weight is 226 g/mol. The minimum atomic E-state index is 0.513. The van der Waals surface area contributed by atoms with Gasteiger partial charge in [0, 0.05) is 11.7 Å². The predicted octanol–water partition coefficient (Wildman–Crippen LogP) is 3.81. The van der Waals surface area contributed by atoms with Crippen molar-refractivity contribution >= 4 is 17.5 Å². The maximum absolute atomic E-state index is 11.7. The lowest BCUT2D eigenvalue weighted by Gasteiger charge is -2.10. The summed E-state index contributed by atoms with van der Waals surface area (Å²) in [6, 6.07) is 0. The smallest absolute Gasteiger partial charge is 0.143 e. The molecule has 0 atom stereocenters. The minimum absolute atomic E-state index is 0.513. The molecular weight excluding hydrogens is 204 g/mol. The van der Waals surface area contributed by atoms with Gasteiger partial charge in [-0.25, -0.2) is 0 Å². The first kappa shape index (κ1) is 11.5. The fourth-order valence-corrected chi connectivity index (χ4v) is 4.07. The number of thioether (sulfide) groups is 1. The van der Waals surface area contributed by atoms with Crippen LogP contribution in [0.1, 0.15) is 57.8 Å². The molecule has 15 heavy (non-hydrogen) atoms. The standard InChI is InChI=1S/C13H22OS/c14-12(9-11-5-1-2-6-11)10-15-13-7-3-4-8-13/h11,13H,1-10H2. The van der Waals surface area contributed by atoms with E-state index in [9.17, 15) is 4.79 Å². The van der Waals surface area contributed by atoms with E-state index < -0.39 is 0 Å². The molecule has 0 amide bonds. The van der Waals surface area contributed by atoms with E-state index in [2.05, 4.69) is 0 Å². The molecule has 1 nitrogen and oxygen atoms in total. The van der Waals surface area contributed by atoms with Gasteiger partial charge in [-0.1, -0.05) is 38.5 Å². The Balaban J connectivity index is 1.59. The second kappa shape index (κ2) is 5.93. The summed E-state index contributed by atoms with van der Waals surface area (Å²) in [6.07, 6.45) is 11.7. The van der Waals surface area contributed by atoms with Gasteiger partial charge in [-0.3, -0.25) is 4.79 Å². The number of carbonyl (C=O) groups is 1. The molecule has 0 radical (unpaired) electrons. The van der Waals surface area contributed by atoms with Gasteiger partial charge in [0.25, 0.3) is 0 Å². The van der Waals surface area contributed by atoms with E-state index in [0.717, 1.165) is 23.3 Å². The zero-order valence-electron chi connectivity index (χ0n) is 9.54. The molecule has 2 rings (SSSR count). The number of hydrogen-bond acceptors (Lipinski definition) is 2. The van der Waals surface area contributed by atoms with Gasteiger partial charge in [0.15, 0.2) is 0 Å². The lowest BCUT2D eigenvalue weighted by atomic mass is 10.0. The Morgan fingerprint density at radius 3 is 2.27 bits per heavy atom. The SMILES string of the molecule is O=C(CSC1CCCC1)CC1CCCC1. The Labute approximate surface area is 97.4 Å². The average Bonchev–Trinajstić information content (AvgIpc) is 2.86. The highest BCUT2D eigenvalue weighted by Crippen LogP contribution is 2.31. The van der Waals surface area contributed by atoms with E-state index in [1.807, 2.05) is 11.8 Å². The Morgan fingerprint density at radius 1 is 1.00 bits per heavy atom. The van der Waals surface area contributed by atoms with E-state index in [0.29, 0.717) is 5.78 Å². The summed E-state index contributed by atoms with van der Waals surface area (Å²) < 4.78 is 0. The number of Topliss-reactive ketones (excluding diaryl/α,β-unsaturated/α-hetero) is 1. The van der Waals surface area contributed by atoms with Crippen LogP contribution in [0.15, 0.2) is 0 Å². The molecule has 0 N–H and O–H groups in total. The third-order valence-corrected chi connectivity index (χ3v) is 5.20. The van der Waals surface area contributed by atoms with Gasteiger partial charge >= 0.3 is 0 Å². The molecule has 2 fully saturated rings. The van der Waals surface area contributed by atoms with E-state index in [4.69, 9.17) is 0 Å². The zero-order chi connectivity index (χ0) is 10.5. The molecule has 0 unspecified atom stereocenters. The normalized spacial score (nSPS) is 23.7. The third kappa shape index (κ3) is 3.82. The van der Waals surface area contributed by atoms with E-state index in [1.165, 1.54) is 51.4 Å². The van der Waals surface area contributed by atoms with Gasteiger partial charge in [-0.15, -0.1) is 0 Å². The number of hydrogen-bond donors (Lipinski definition) is 0. The lowest BCUT2D eigenvalue weighted by molar-refractivity contribution is -0.117. The fraction of sp³-hybridized carbons (Fsp3) is 0.923. The first-order valence-corrected chi connectivity index (χ1v) is 7.53. The van der Waals surface area contributed by atoms with E-state index in [-0.39, 0.29) is 0 Å². The molecule has 0 aromatic rings. The molecule has 2 saturated carbocycles. The van der Waals surface area contributed by atoms with E-state index in [1.54, 1.807) is 0 Å². The van der Waals surface area contributed by atoms with Gasteiger partial charge in [-0.2, -0.15) is 11.8 Å². The summed E-state index contributed by atoms with van der Waals surface area (Å²) in [6.45, 7) is 0. The van der Waals surface area contributed by atoms with Gasteiger partial charge in [-0.05, 0) is 18.8 Å². The highest BCUT2D eigenvalue weighted by molar-refractivity contribution is 8.00. The van der Waals surface area contributed by atoms with Crippen LogP contribution >= 0.6 is 11.8 Å². The van der Waals surface area contributed by atoms with Crippen molar-refractivity contribution in [2.75, 3.05) is 5.75 Å².